The molecule has 1 amide bonds. The second kappa shape index (κ2) is 10.3. The number of ketones is 1. The summed E-state index contributed by atoms with van der Waals surface area (Å²) in [5.41, 5.74) is 0.541. The molecule has 0 bridgehead atoms. The van der Waals surface area contributed by atoms with Gasteiger partial charge in [0.2, 0.25) is 0 Å². The van der Waals surface area contributed by atoms with Gasteiger partial charge < -0.3 is 19.5 Å². The van der Waals surface area contributed by atoms with Crippen LogP contribution in [0.2, 0.25) is 0 Å². The summed E-state index contributed by atoms with van der Waals surface area (Å²) in [6, 6.07) is 8.37. The number of hydrogen-bond acceptors (Lipinski definition) is 6. The van der Waals surface area contributed by atoms with Gasteiger partial charge in [0, 0.05) is 18.4 Å². The Hall–Kier alpha value is -2.25. The van der Waals surface area contributed by atoms with Gasteiger partial charge in [-0.1, -0.05) is 31.0 Å². The van der Waals surface area contributed by atoms with Gasteiger partial charge in [0.1, 0.15) is 0 Å². The van der Waals surface area contributed by atoms with E-state index in [0.29, 0.717) is 25.2 Å². The molecule has 0 spiro atoms. The van der Waals surface area contributed by atoms with E-state index in [0.717, 1.165) is 19.3 Å². The molecule has 0 aromatic heterocycles. The average Bonchev–Trinajstić information content (AvgIpc) is 2.71. The summed E-state index contributed by atoms with van der Waals surface area (Å²) >= 11 is 0. The van der Waals surface area contributed by atoms with Crippen LogP contribution in [0.1, 0.15) is 49.9 Å². The molecule has 154 valence electrons. The van der Waals surface area contributed by atoms with Crippen LogP contribution in [0, 0.1) is 5.92 Å². The van der Waals surface area contributed by atoms with Gasteiger partial charge >= 0.3 is 5.97 Å². The quantitative estimate of drug-likeness (QED) is 0.514. The molecule has 1 heterocycles. The molecule has 1 aliphatic heterocycles. The first-order chi connectivity index (χ1) is 13.4. The lowest BCUT2D eigenvalue weighted by molar-refractivity contribution is -0.272. The molecule has 0 saturated carbocycles. The van der Waals surface area contributed by atoms with Crippen molar-refractivity contribution < 1.29 is 28.6 Å². The highest BCUT2D eigenvalue weighted by atomic mass is 16.7. The lowest BCUT2D eigenvalue weighted by atomic mass is 9.98. The van der Waals surface area contributed by atoms with Gasteiger partial charge in [0.25, 0.3) is 11.7 Å². The van der Waals surface area contributed by atoms with Crippen LogP contribution < -0.4 is 5.32 Å². The van der Waals surface area contributed by atoms with E-state index in [9.17, 15) is 14.4 Å². The number of Topliss-reactive ketones (excluding diaryl/α,β-unsaturated/α-hetero) is 1. The third-order valence-corrected chi connectivity index (χ3v) is 4.93. The van der Waals surface area contributed by atoms with E-state index >= 15 is 0 Å². The van der Waals surface area contributed by atoms with Crippen molar-refractivity contribution in [1.29, 1.82) is 0 Å². The van der Waals surface area contributed by atoms with Crippen molar-refractivity contribution in [2.75, 3.05) is 20.3 Å². The van der Waals surface area contributed by atoms with Crippen LogP contribution in [-0.2, 0) is 23.8 Å². The minimum absolute atomic E-state index is 0.0533. The Morgan fingerprint density at radius 2 is 1.82 bits per heavy atom. The lowest BCUT2D eigenvalue weighted by Gasteiger charge is -2.35. The van der Waals surface area contributed by atoms with Gasteiger partial charge in [-0.05, 0) is 31.9 Å². The van der Waals surface area contributed by atoms with Crippen molar-refractivity contribution in [3.63, 3.8) is 0 Å². The molecule has 1 N–H and O–H groups in total. The number of carbonyl (C=O) groups is 3. The zero-order chi connectivity index (χ0) is 20.6. The molecule has 7 heteroatoms. The molecule has 1 aromatic rings. The summed E-state index contributed by atoms with van der Waals surface area (Å²) in [5, 5.41) is 2.81. The number of unbranched alkanes of at least 4 members (excludes halogenated alkanes) is 1. The highest BCUT2D eigenvalue weighted by molar-refractivity contribution is 5.97. The van der Waals surface area contributed by atoms with Crippen molar-refractivity contribution in [3.8, 4) is 0 Å². The smallest absolute Gasteiger partial charge is 0.366 e. The van der Waals surface area contributed by atoms with Crippen molar-refractivity contribution in [1.82, 2.24) is 5.32 Å². The standard InChI is InChI=1S/C21H29NO6/c1-15(23)18(22-19(24)17-10-5-4-6-11-17)12-8-7-9-16-13-27-21(2,28-14-16)20(25)26-3/h4-6,10-11,16,18H,7-9,12-14H2,1-3H3,(H,22,24). The zero-order valence-corrected chi connectivity index (χ0v) is 16.7. The van der Waals surface area contributed by atoms with Crippen LogP contribution in [-0.4, -0.2) is 49.8 Å². The Balaban J connectivity index is 1.72. The maximum Gasteiger partial charge on any atom is 0.366 e. The molecular weight excluding hydrogens is 362 g/mol. The van der Waals surface area contributed by atoms with E-state index in [-0.39, 0.29) is 17.6 Å². The number of methoxy groups -OCH3 is 1. The summed E-state index contributed by atoms with van der Waals surface area (Å²) in [4.78, 5) is 35.8. The van der Waals surface area contributed by atoms with Gasteiger partial charge in [-0.3, -0.25) is 9.59 Å². The van der Waals surface area contributed by atoms with Crippen LogP contribution in [0.5, 0.6) is 0 Å². The Morgan fingerprint density at radius 3 is 2.39 bits per heavy atom. The highest BCUT2D eigenvalue weighted by Gasteiger charge is 2.41. The number of carbonyl (C=O) groups excluding carboxylic acids is 3. The molecular formula is C21H29NO6. The van der Waals surface area contributed by atoms with E-state index in [4.69, 9.17) is 9.47 Å². The molecule has 1 fully saturated rings. The number of nitrogens with one attached hydrogen (secondary N) is 1. The van der Waals surface area contributed by atoms with Gasteiger partial charge in [-0.15, -0.1) is 0 Å². The topological polar surface area (TPSA) is 90.9 Å². The number of amides is 1. The number of ether oxygens (including phenoxy) is 3. The fraction of sp³-hybridized carbons (Fsp3) is 0.571. The first-order valence-corrected chi connectivity index (χ1v) is 9.58. The van der Waals surface area contributed by atoms with Gasteiger partial charge in [-0.2, -0.15) is 0 Å². The van der Waals surface area contributed by atoms with Crippen molar-refractivity contribution in [2.24, 2.45) is 5.92 Å². The number of rotatable bonds is 9. The Bertz CT molecular complexity index is 667. The maximum absolute atomic E-state index is 12.2. The first-order valence-electron chi connectivity index (χ1n) is 9.58. The third kappa shape index (κ3) is 6.14. The van der Waals surface area contributed by atoms with Crippen LogP contribution in [0.25, 0.3) is 0 Å². The van der Waals surface area contributed by atoms with Crippen LogP contribution in [0.4, 0.5) is 0 Å². The minimum Gasteiger partial charge on any atom is -0.465 e. The molecule has 0 radical (unpaired) electrons. The molecule has 28 heavy (non-hydrogen) atoms. The van der Waals surface area contributed by atoms with Crippen molar-refractivity contribution >= 4 is 17.7 Å². The van der Waals surface area contributed by atoms with E-state index in [2.05, 4.69) is 10.1 Å². The molecule has 1 saturated heterocycles. The minimum atomic E-state index is -1.33. The SMILES string of the molecule is COC(=O)C1(C)OCC(CCCCC(NC(=O)c2ccccc2)C(C)=O)CO1. The Labute approximate surface area is 165 Å². The molecule has 1 aromatic carbocycles. The largest absolute Gasteiger partial charge is 0.465 e. The molecule has 0 aliphatic carbocycles. The highest BCUT2D eigenvalue weighted by Crippen LogP contribution is 2.25. The fourth-order valence-electron chi connectivity index (χ4n) is 3.10. The predicted octanol–water partition coefficient (Wildman–Crippen LogP) is 2.49. The number of esters is 1. The van der Waals surface area contributed by atoms with Crippen LogP contribution >= 0.6 is 0 Å². The summed E-state index contributed by atoms with van der Waals surface area (Å²) in [5.74, 6) is -1.97. The molecule has 1 unspecified atom stereocenters. The Morgan fingerprint density at radius 1 is 1.18 bits per heavy atom. The summed E-state index contributed by atoms with van der Waals surface area (Å²) in [7, 11) is 1.30. The van der Waals surface area contributed by atoms with E-state index in [1.807, 2.05) is 6.07 Å². The maximum atomic E-state index is 12.2. The van der Waals surface area contributed by atoms with E-state index < -0.39 is 17.8 Å². The molecule has 7 nitrogen and oxygen atoms in total. The normalized spacial score (nSPS) is 22.9. The van der Waals surface area contributed by atoms with E-state index in [1.54, 1.807) is 31.2 Å². The fourth-order valence-corrected chi connectivity index (χ4v) is 3.10. The molecule has 1 aliphatic rings. The summed E-state index contributed by atoms with van der Waals surface area (Å²) < 4.78 is 15.8. The third-order valence-electron chi connectivity index (χ3n) is 4.93. The number of hydrogen-bond donors (Lipinski definition) is 1. The predicted molar refractivity (Wildman–Crippen MR) is 103 cm³/mol. The summed E-state index contributed by atoms with van der Waals surface area (Å²) in [6.45, 7) is 3.90. The van der Waals surface area contributed by atoms with E-state index in [1.165, 1.54) is 14.0 Å². The second-order valence-corrected chi connectivity index (χ2v) is 7.21. The lowest BCUT2D eigenvalue weighted by Crippen LogP contribution is -2.48. The monoisotopic (exact) mass is 391 g/mol. The Kier molecular flexibility index (Phi) is 8.14. The first kappa shape index (κ1) is 22.0. The average molecular weight is 391 g/mol. The zero-order valence-electron chi connectivity index (χ0n) is 16.7. The van der Waals surface area contributed by atoms with Crippen molar-refractivity contribution in [3.05, 3.63) is 35.9 Å². The van der Waals surface area contributed by atoms with Gasteiger partial charge in [0.15, 0.2) is 5.78 Å². The van der Waals surface area contributed by atoms with Gasteiger partial charge in [-0.25, -0.2) is 4.79 Å². The summed E-state index contributed by atoms with van der Waals surface area (Å²) in [6.07, 6.45) is 3.11. The van der Waals surface area contributed by atoms with Gasteiger partial charge in [0.05, 0.1) is 26.4 Å². The van der Waals surface area contributed by atoms with Crippen LogP contribution in [0.3, 0.4) is 0 Å². The molecule has 2 rings (SSSR count). The number of benzene rings is 1. The second-order valence-electron chi connectivity index (χ2n) is 7.21. The van der Waals surface area contributed by atoms with Crippen molar-refractivity contribution in [2.45, 2.75) is 51.4 Å². The molecule has 1 atom stereocenters. The van der Waals surface area contributed by atoms with Crippen LogP contribution in [0.15, 0.2) is 30.3 Å².